The van der Waals surface area contributed by atoms with Gasteiger partial charge in [-0.2, -0.15) is 0 Å². The van der Waals surface area contributed by atoms with Crippen molar-refractivity contribution in [2.45, 2.75) is 0 Å². The molecule has 59 heavy (non-hydrogen) atoms. The Morgan fingerprint density at radius 2 is 0.729 bits per heavy atom. The second-order valence-corrected chi connectivity index (χ2v) is 14.9. The van der Waals surface area contributed by atoms with Gasteiger partial charge in [0.05, 0.1) is 16.7 Å². The summed E-state index contributed by atoms with van der Waals surface area (Å²) in [6.45, 7) is 0. The highest BCUT2D eigenvalue weighted by Gasteiger charge is 2.19. The first-order chi connectivity index (χ1) is 29.2. The van der Waals surface area contributed by atoms with Gasteiger partial charge in [0.1, 0.15) is 0 Å². The average Bonchev–Trinajstić information content (AvgIpc) is 3.66. The first-order valence-electron chi connectivity index (χ1n) is 19.9. The molecule has 0 radical (unpaired) electrons. The molecule has 4 nitrogen and oxygen atoms in total. The molecule has 9 aromatic carbocycles. The average molecular weight is 753 g/mol. The van der Waals surface area contributed by atoms with Crippen molar-refractivity contribution in [2.24, 2.45) is 0 Å². The van der Waals surface area contributed by atoms with E-state index in [4.69, 9.17) is 15.0 Å². The zero-order chi connectivity index (χ0) is 39.1. The van der Waals surface area contributed by atoms with Crippen molar-refractivity contribution in [3.8, 4) is 73.2 Å². The second kappa shape index (κ2) is 14.5. The molecular formula is C55H36N4. The molecule has 11 rings (SSSR count). The summed E-state index contributed by atoms with van der Waals surface area (Å²) < 4.78 is 2.40. The van der Waals surface area contributed by atoms with E-state index in [0.29, 0.717) is 17.5 Å². The Kier molecular flexibility index (Phi) is 8.45. The Hall–Kier alpha value is -7.95. The fourth-order valence-corrected chi connectivity index (χ4v) is 8.31. The van der Waals surface area contributed by atoms with Crippen molar-refractivity contribution in [2.75, 3.05) is 0 Å². The van der Waals surface area contributed by atoms with E-state index < -0.39 is 0 Å². The first-order valence-corrected chi connectivity index (χ1v) is 19.9. The predicted octanol–water partition coefficient (Wildman–Crippen LogP) is 14.1. The number of benzene rings is 9. The van der Waals surface area contributed by atoms with E-state index in [1.165, 1.54) is 21.5 Å². The van der Waals surface area contributed by atoms with Crippen molar-refractivity contribution in [3.05, 3.63) is 218 Å². The van der Waals surface area contributed by atoms with Crippen LogP contribution in [0.3, 0.4) is 0 Å². The molecule has 2 heterocycles. The molecule has 0 N–H and O–H groups in total. The first kappa shape index (κ1) is 34.3. The number of nitrogens with zero attached hydrogens (tertiary/aromatic N) is 4. The van der Waals surface area contributed by atoms with Gasteiger partial charge in [0.25, 0.3) is 0 Å². The minimum Gasteiger partial charge on any atom is -0.309 e. The molecule has 4 heteroatoms. The third-order valence-corrected chi connectivity index (χ3v) is 11.3. The summed E-state index contributed by atoms with van der Waals surface area (Å²) in [7, 11) is 0. The van der Waals surface area contributed by atoms with Gasteiger partial charge in [0.15, 0.2) is 17.5 Å². The topological polar surface area (TPSA) is 43.6 Å². The van der Waals surface area contributed by atoms with Gasteiger partial charge in [-0.1, -0.05) is 188 Å². The lowest BCUT2D eigenvalue weighted by molar-refractivity contribution is 1.07. The van der Waals surface area contributed by atoms with E-state index >= 15 is 0 Å². The van der Waals surface area contributed by atoms with Gasteiger partial charge in [0, 0.05) is 33.0 Å². The minimum absolute atomic E-state index is 0.606. The van der Waals surface area contributed by atoms with Crippen LogP contribution < -0.4 is 0 Å². The number of hydrogen-bond donors (Lipinski definition) is 0. The summed E-state index contributed by atoms with van der Waals surface area (Å²) in [4.78, 5) is 15.7. The molecule has 0 fully saturated rings. The molecule has 0 aliphatic carbocycles. The van der Waals surface area contributed by atoms with Gasteiger partial charge in [0.2, 0.25) is 0 Å². The molecule has 276 valence electrons. The van der Waals surface area contributed by atoms with E-state index in [9.17, 15) is 0 Å². The van der Waals surface area contributed by atoms with Crippen molar-refractivity contribution in [1.29, 1.82) is 0 Å². The molecule has 0 saturated heterocycles. The maximum Gasteiger partial charge on any atom is 0.164 e. The zero-order valence-electron chi connectivity index (χ0n) is 32.1. The summed E-state index contributed by atoms with van der Waals surface area (Å²) in [5, 5.41) is 4.83. The molecule has 0 spiro atoms. The Balaban J connectivity index is 1.13. The molecule has 0 unspecified atom stereocenters. The number of para-hydroxylation sites is 2. The van der Waals surface area contributed by atoms with Crippen LogP contribution in [0.4, 0.5) is 0 Å². The van der Waals surface area contributed by atoms with Crippen LogP contribution in [0.2, 0.25) is 0 Å². The molecule has 0 aliphatic rings. The van der Waals surface area contributed by atoms with Crippen LogP contribution in [0.15, 0.2) is 218 Å². The third-order valence-electron chi connectivity index (χ3n) is 11.3. The van der Waals surface area contributed by atoms with Crippen LogP contribution in [0.5, 0.6) is 0 Å². The monoisotopic (exact) mass is 752 g/mol. The summed E-state index contributed by atoms with van der Waals surface area (Å²) >= 11 is 0. The Morgan fingerprint density at radius 3 is 1.41 bits per heavy atom. The highest BCUT2D eigenvalue weighted by Crippen LogP contribution is 2.39. The van der Waals surface area contributed by atoms with Crippen molar-refractivity contribution >= 4 is 32.6 Å². The largest absolute Gasteiger partial charge is 0.309 e. The van der Waals surface area contributed by atoms with Crippen LogP contribution >= 0.6 is 0 Å². The van der Waals surface area contributed by atoms with Crippen LogP contribution in [-0.4, -0.2) is 19.5 Å². The van der Waals surface area contributed by atoms with Crippen molar-refractivity contribution in [3.63, 3.8) is 0 Å². The Morgan fingerprint density at radius 1 is 0.271 bits per heavy atom. The molecule has 0 bridgehead atoms. The number of hydrogen-bond acceptors (Lipinski definition) is 3. The fraction of sp³-hybridized carbons (Fsp3) is 0. The summed E-state index contributed by atoms with van der Waals surface area (Å²) in [5.74, 6) is 1.84. The maximum atomic E-state index is 5.26. The molecule has 0 aliphatic heterocycles. The van der Waals surface area contributed by atoms with Crippen LogP contribution in [0, 0.1) is 0 Å². The normalized spacial score (nSPS) is 11.4. The molecule has 0 amide bonds. The van der Waals surface area contributed by atoms with E-state index in [2.05, 4.69) is 211 Å². The van der Waals surface area contributed by atoms with Crippen LogP contribution in [-0.2, 0) is 0 Å². The highest BCUT2D eigenvalue weighted by atomic mass is 15.0. The second-order valence-electron chi connectivity index (χ2n) is 14.9. The number of rotatable bonds is 7. The Labute approximate surface area is 342 Å². The fourth-order valence-electron chi connectivity index (χ4n) is 8.31. The lowest BCUT2D eigenvalue weighted by Crippen LogP contribution is -2.02. The van der Waals surface area contributed by atoms with Gasteiger partial charge in [-0.15, -0.1) is 0 Å². The molecule has 0 saturated carbocycles. The Bertz CT molecular complexity index is 3260. The lowest BCUT2D eigenvalue weighted by atomic mass is 9.98. The smallest absolute Gasteiger partial charge is 0.164 e. The number of fused-ring (bicyclic) bond motifs is 4. The van der Waals surface area contributed by atoms with Gasteiger partial charge in [-0.05, 0) is 68.9 Å². The van der Waals surface area contributed by atoms with Gasteiger partial charge in [-0.25, -0.2) is 15.0 Å². The number of aromatic nitrogens is 4. The van der Waals surface area contributed by atoms with Gasteiger partial charge in [-0.3, -0.25) is 0 Å². The van der Waals surface area contributed by atoms with E-state index in [-0.39, 0.29) is 0 Å². The lowest BCUT2D eigenvalue weighted by Gasteiger charge is -2.17. The quantitative estimate of drug-likeness (QED) is 0.163. The maximum absolute atomic E-state index is 5.26. The summed E-state index contributed by atoms with van der Waals surface area (Å²) in [5.41, 5.74) is 12.9. The van der Waals surface area contributed by atoms with Crippen molar-refractivity contribution in [1.82, 2.24) is 19.5 Å². The summed E-state index contributed by atoms with van der Waals surface area (Å²) in [6.07, 6.45) is 0. The predicted molar refractivity (Wildman–Crippen MR) is 244 cm³/mol. The SMILES string of the molecule is c1ccc(-c2ccc(-c3nc(-c4cccc(-c5ccccc5)c4)nc(-c4ccc(-c5ccc6ccccc6c5)c(-n5c6ccccc6c6ccccc65)c4)n3)cc2)cc1. The third kappa shape index (κ3) is 6.34. The van der Waals surface area contributed by atoms with Crippen LogP contribution in [0.25, 0.3) is 106 Å². The molecular weight excluding hydrogens is 717 g/mol. The standard InChI is InChI=1S/C55H36N4/c1-3-14-37(15-4-1)40-26-29-41(30-27-40)53-56-54(45-21-13-20-43(35-45)38-16-5-2-6-17-38)58-55(57-53)46-32-33-47(44-31-28-39-18-7-8-19-42(39)34-44)52(36-46)59-50-24-11-9-22-48(50)49-23-10-12-25-51(49)59/h1-36H. The van der Waals surface area contributed by atoms with Gasteiger partial charge >= 0.3 is 0 Å². The molecule has 2 aromatic heterocycles. The highest BCUT2D eigenvalue weighted by molar-refractivity contribution is 6.10. The molecule has 11 aromatic rings. The minimum atomic E-state index is 0.606. The van der Waals surface area contributed by atoms with E-state index in [1.807, 2.05) is 12.1 Å². The van der Waals surface area contributed by atoms with Crippen LogP contribution in [0.1, 0.15) is 0 Å². The van der Waals surface area contributed by atoms with Crippen molar-refractivity contribution < 1.29 is 0 Å². The summed E-state index contributed by atoms with van der Waals surface area (Å²) in [6, 6.07) is 77.1. The molecule has 0 atom stereocenters. The van der Waals surface area contributed by atoms with Gasteiger partial charge < -0.3 is 4.57 Å². The zero-order valence-corrected chi connectivity index (χ0v) is 32.1. The van der Waals surface area contributed by atoms with E-state index in [0.717, 1.165) is 66.8 Å². The van der Waals surface area contributed by atoms with E-state index in [1.54, 1.807) is 0 Å².